The monoisotopic (exact) mass is 697 g/mol. The molecule has 1 unspecified atom stereocenters. The molecule has 1 heterocycles. The van der Waals surface area contributed by atoms with Crippen molar-refractivity contribution in [1.82, 2.24) is 9.97 Å². The number of alkyl halides is 6. The molecule has 1 saturated carbocycles. The minimum absolute atomic E-state index is 0.0314. The Bertz CT molecular complexity index is 1700. The topological polar surface area (TPSA) is 99.4 Å². The lowest BCUT2D eigenvalue weighted by Gasteiger charge is -2.34. The second-order valence-electron chi connectivity index (χ2n) is 12.0. The van der Waals surface area contributed by atoms with Crippen LogP contribution in [0.3, 0.4) is 0 Å². The molecule has 1 aromatic heterocycles. The molecule has 2 aromatic carbocycles. The van der Waals surface area contributed by atoms with Gasteiger partial charge in [-0.25, -0.2) is 18.4 Å². The van der Waals surface area contributed by atoms with Gasteiger partial charge in [0.05, 0.1) is 46.9 Å². The average molecular weight is 698 g/mol. The highest BCUT2D eigenvalue weighted by molar-refractivity contribution is 7.90. The molecule has 48 heavy (non-hydrogen) atoms. The van der Waals surface area contributed by atoms with E-state index in [4.69, 9.17) is 4.74 Å². The number of nitrogens with zero attached hydrogens (tertiary/aromatic N) is 5. The molecule has 0 saturated heterocycles. The first-order chi connectivity index (χ1) is 22.5. The van der Waals surface area contributed by atoms with Gasteiger partial charge in [-0.15, -0.1) is 0 Å². The third-order valence-corrected chi connectivity index (χ3v) is 9.29. The van der Waals surface area contributed by atoms with E-state index in [0.717, 1.165) is 56.2 Å². The molecule has 8 nitrogen and oxygen atoms in total. The standard InChI is InChI=1S/C33H37F6N5O3S/c1-4-43(20-23-7-5-6-8-23)30-10-9-27(32(34,35)36)16-26(30)21-44(31-41-18-29(19-42-31)47-11-12-48(3,45)46)22(2)25-13-24(17-40)14-28(15-25)33(37,38)39/h9-10,13-16,18-19,22-23H,4-8,11-12,20-21H2,1-3H3. The largest absolute Gasteiger partial charge is 0.489 e. The van der Waals surface area contributed by atoms with Gasteiger partial charge in [-0.05, 0) is 80.1 Å². The minimum atomic E-state index is -4.76. The zero-order valence-corrected chi connectivity index (χ0v) is 27.6. The third-order valence-electron chi connectivity index (χ3n) is 8.38. The molecule has 0 radical (unpaired) electrons. The molecule has 0 aliphatic heterocycles. The number of hydrogen-bond donors (Lipinski definition) is 0. The van der Waals surface area contributed by atoms with Crippen LogP contribution in [0.5, 0.6) is 5.75 Å². The summed E-state index contributed by atoms with van der Waals surface area (Å²) in [5.74, 6) is 0.204. The second kappa shape index (κ2) is 15.0. The van der Waals surface area contributed by atoms with Gasteiger partial charge in [-0.2, -0.15) is 31.6 Å². The van der Waals surface area contributed by atoms with Crippen molar-refractivity contribution in [1.29, 1.82) is 5.26 Å². The van der Waals surface area contributed by atoms with Crippen LogP contribution in [0.15, 0.2) is 48.8 Å². The normalized spacial score (nSPS) is 14.8. The van der Waals surface area contributed by atoms with E-state index in [1.807, 2.05) is 11.8 Å². The van der Waals surface area contributed by atoms with E-state index in [1.165, 1.54) is 29.4 Å². The SMILES string of the molecule is CCN(CC1CCCC1)c1ccc(C(F)(F)F)cc1CN(c1ncc(OCCS(C)(=O)=O)cn1)C(C)c1cc(C#N)cc(C(F)(F)F)c1. The number of rotatable bonds is 13. The van der Waals surface area contributed by atoms with Gasteiger partial charge in [-0.3, -0.25) is 0 Å². The lowest BCUT2D eigenvalue weighted by molar-refractivity contribution is -0.138. The number of sulfone groups is 1. The van der Waals surface area contributed by atoms with Crippen LogP contribution in [0.4, 0.5) is 38.0 Å². The molecule has 15 heteroatoms. The number of nitriles is 1. The Morgan fingerprint density at radius 3 is 2.21 bits per heavy atom. The van der Waals surface area contributed by atoms with Gasteiger partial charge in [0.25, 0.3) is 0 Å². The number of hydrogen-bond acceptors (Lipinski definition) is 8. The molecule has 260 valence electrons. The summed E-state index contributed by atoms with van der Waals surface area (Å²) < 4.78 is 112. The van der Waals surface area contributed by atoms with Crippen LogP contribution >= 0.6 is 0 Å². The van der Waals surface area contributed by atoms with E-state index < -0.39 is 39.4 Å². The van der Waals surface area contributed by atoms with Gasteiger partial charge in [0.2, 0.25) is 5.95 Å². The van der Waals surface area contributed by atoms with Crippen molar-refractivity contribution in [2.45, 2.75) is 64.5 Å². The Kier molecular flexibility index (Phi) is 11.5. The molecule has 1 aliphatic carbocycles. The number of anilines is 2. The zero-order chi connectivity index (χ0) is 35.3. The van der Waals surface area contributed by atoms with E-state index in [1.54, 1.807) is 13.0 Å². The van der Waals surface area contributed by atoms with Gasteiger partial charge in [-0.1, -0.05) is 12.8 Å². The molecule has 1 fully saturated rings. The van der Waals surface area contributed by atoms with Crippen molar-refractivity contribution in [2.75, 3.05) is 41.5 Å². The molecule has 0 spiro atoms. The summed E-state index contributed by atoms with van der Waals surface area (Å²) in [6, 6.07) is 7.21. The molecule has 1 atom stereocenters. The first-order valence-electron chi connectivity index (χ1n) is 15.4. The molecule has 1 aliphatic rings. The Hall–Kier alpha value is -4.06. The van der Waals surface area contributed by atoms with E-state index >= 15 is 0 Å². The Morgan fingerprint density at radius 1 is 1.00 bits per heavy atom. The summed E-state index contributed by atoms with van der Waals surface area (Å²) in [5.41, 5.74) is -1.28. The van der Waals surface area contributed by atoms with Gasteiger partial charge in [0, 0.05) is 31.6 Å². The lowest BCUT2D eigenvalue weighted by Crippen LogP contribution is -2.32. The van der Waals surface area contributed by atoms with Gasteiger partial charge < -0.3 is 14.5 Å². The zero-order valence-electron chi connectivity index (χ0n) is 26.8. The molecule has 4 rings (SSSR count). The maximum Gasteiger partial charge on any atom is 0.416 e. The maximum absolute atomic E-state index is 14.0. The average Bonchev–Trinajstić information content (AvgIpc) is 3.54. The quantitative estimate of drug-likeness (QED) is 0.169. The smallest absolute Gasteiger partial charge is 0.416 e. The Balaban J connectivity index is 1.81. The summed E-state index contributed by atoms with van der Waals surface area (Å²) in [4.78, 5) is 12.1. The molecular formula is C33H37F6N5O3S. The van der Waals surface area contributed by atoms with Gasteiger partial charge in [0.1, 0.15) is 6.61 Å². The van der Waals surface area contributed by atoms with Crippen LogP contribution in [0.2, 0.25) is 0 Å². The summed E-state index contributed by atoms with van der Waals surface area (Å²) in [7, 11) is -3.31. The predicted octanol–water partition coefficient (Wildman–Crippen LogP) is 7.59. The van der Waals surface area contributed by atoms with E-state index in [-0.39, 0.29) is 47.3 Å². The van der Waals surface area contributed by atoms with Crippen LogP contribution in [-0.4, -0.2) is 50.1 Å². The van der Waals surface area contributed by atoms with Crippen LogP contribution in [-0.2, 0) is 28.7 Å². The minimum Gasteiger partial charge on any atom is -0.489 e. The summed E-state index contributed by atoms with van der Waals surface area (Å²) >= 11 is 0. The van der Waals surface area contributed by atoms with Crippen LogP contribution < -0.4 is 14.5 Å². The Labute approximate surface area is 276 Å². The lowest BCUT2D eigenvalue weighted by atomic mass is 9.99. The second-order valence-corrected chi connectivity index (χ2v) is 14.2. The fourth-order valence-electron chi connectivity index (χ4n) is 5.81. The predicted molar refractivity (Wildman–Crippen MR) is 169 cm³/mol. The number of ether oxygens (including phenoxy) is 1. The van der Waals surface area contributed by atoms with Gasteiger partial charge in [0.15, 0.2) is 15.6 Å². The van der Waals surface area contributed by atoms with Crippen molar-refractivity contribution in [3.05, 3.63) is 76.6 Å². The van der Waals surface area contributed by atoms with Crippen molar-refractivity contribution in [3.8, 4) is 11.8 Å². The molecular weight excluding hydrogens is 660 g/mol. The molecule has 0 N–H and O–H groups in total. The number of aromatic nitrogens is 2. The molecule has 0 bridgehead atoms. The van der Waals surface area contributed by atoms with Crippen LogP contribution in [0, 0.1) is 17.2 Å². The van der Waals surface area contributed by atoms with Crippen molar-refractivity contribution >= 4 is 21.5 Å². The Morgan fingerprint density at radius 2 is 1.65 bits per heavy atom. The number of benzene rings is 2. The molecule has 0 amide bonds. The van der Waals surface area contributed by atoms with Crippen molar-refractivity contribution in [2.24, 2.45) is 5.92 Å². The highest BCUT2D eigenvalue weighted by Gasteiger charge is 2.34. The summed E-state index contributed by atoms with van der Waals surface area (Å²) in [6.45, 7) is 4.21. The molecule has 3 aromatic rings. The highest BCUT2D eigenvalue weighted by Crippen LogP contribution is 2.38. The number of halogens is 6. The van der Waals surface area contributed by atoms with Crippen LogP contribution in [0.1, 0.15) is 73.4 Å². The summed E-state index contributed by atoms with van der Waals surface area (Å²) in [5, 5.41) is 9.51. The third kappa shape index (κ3) is 9.74. The first kappa shape index (κ1) is 36.8. The maximum atomic E-state index is 14.0. The van der Waals surface area contributed by atoms with Crippen molar-refractivity contribution < 1.29 is 39.5 Å². The summed E-state index contributed by atoms with van der Waals surface area (Å²) in [6.07, 6.45) is -1.67. The fraction of sp³-hybridized carbons (Fsp3) is 0.485. The van der Waals surface area contributed by atoms with E-state index in [2.05, 4.69) is 9.97 Å². The van der Waals surface area contributed by atoms with E-state index in [0.29, 0.717) is 24.7 Å². The van der Waals surface area contributed by atoms with Crippen LogP contribution in [0.25, 0.3) is 0 Å². The fourth-order valence-corrected chi connectivity index (χ4v) is 6.19. The highest BCUT2D eigenvalue weighted by atomic mass is 32.2. The van der Waals surface area contributed by atoms with Crippen molar-refractivity contribution in [3.63, 3.8) is 0 Å². The van der Waals surface area contributed by atoms with E-state index in [9.17, 15) is 40.0 Å². The van der Waals surface area contributed by atoms with Gasteiger partial charge >= 0.3 is 12.4 Å². The first-order valence-corrected chi connectivity index (χ1v) is 17.5.